The molecule has 4 rings (SSSR count). The minimum absolute atomic E-state index is 0.0782. The number of nitrogens with zero attached hydrogens (tertiary/aromatic N) is 1. The summed E-state index contributed by atoms with van der Waals surface area (Å²) >= 11 is 6.68. The summed E-state index contributed by atoms with van der Waals surface area (Å²) in [5.41, 5.74) is 3.45. The quantitative estimate of drug-likeness (QED) is 0.618. The molecule has 0 fully saturated rings. The van der Waals surface area contributed by atoms with Crippen molar-refractivity contribution in [1.29, 1.82) is 0 Å². The zero-order valence-electron chi connectivity index (χ0n) is 12.8. The first kappa shape index (κ1) is 15.9. The van der Waals surface area contributed by atoms with E-state index in [1.165, 1.54) is 27.5 Å². The molecule has 0 radical (unpaired) electrons. The average molecular weight is 419 g/mol. The van der Waals surface area contributed by atoms with Crippen LogP contribution >= 0.6 is 38.6 Å². The van der Waals surface area contributed by atoms with E-state index >= 15 is 0 Å². The van der Waals surface area contributed by atoms with E-state index in [-0.39, 0.29) is 5.91 Å². The van der Waals surface area contributed by atoms with Gasteiger partial charge in [-0.1, -0.05) is 0 Å². The minimum Gasteiger partial charge on any atom is -0.367 e. The van der Waals surface area contributed by atoms with Crippen LogP contribution in [0.1, 0.15) is 20.1 Å². The number of anilines is 2. The average Bonchev–Trinajstić information content (AvgIpc) is 3.23. The molecule has 0 saturated heterocycles. The molecule has 0 bridgehead atoms. The van der Waals surface area contributed by atoms with Crippen molar-refractivity contribution in [2.24, 2.45) is 0 Å². The summed E-state index contributed by atoms with van der Waals surface area (Å²) in [5.74, 6) is -0.0782. The second-order valence-electron chi connectivity index (χ2n) is 5.64. The number of fused-ring (bicyclic) bond motifs is 1. The summed E-state index contributed by atoms with van der Waals surface area (Å²) in [4.78, 5) is 16.8. The molecule has 1 aliphatic rings. The van der Waals surface area contributed by atoms with Crippen LogP contribution in [0.4, 0.5) is 11.4 Å². The van der Waals surface area contributed by atoms with Gasteiger partial charge >= 0.3 is 0 Å². The Morgan fingerprint density at radius 3 is 2.62 bits per heavy atom. The number of hydrogen-bond donors (Lipinski definition) is 1. The highest BCUT2D eigenvalue weighted by Crippen LogP contribution is 2.29. The van der Waals surface area contributed by atoms with Crippen LogP contribution in [0, 0.1) is 0 Å². The molecule has 122 valence electrons. The van der Waals surface area contributed by atoms with Crippen molar-refractivity contribution < 1.29 is 4.79 Å². The molecular formula is C18H15BrN2OS2. The fourth-order valence-electron chi connectivity index (χ4n) is 2.87. The number of amides is 1. The number of thiophene rings is 2. The van der Waals surface area contributed by atoms with Gasteiger partial charge < -0.3 is 10.2 Å². The van der Waals surface area contributed by atoms with Crippen LogP contribution in [0.15, 0.2) is 51.6 Å². The summed E-state index contributed by atoms with van der Waals surface area (Å²) < 4.78 is 0.835. The van der Waals surface area contributed by atoms with Crippen LogP contribution in [-0.2, 0) is 13.0 Å². The number of carbonyl (C=O) groups is 1. The van der Waals surface area contributed by atoms with E-state index in [9.17, 15) is 4.79 Å². The smallest absolute Gasteiger partial charge is 0.266 e. The molecule has 1 N–H and O–H groups in total. The number of rotatable bonds is 3. The van der Waals surface area contributed by atoms with Crippen LogP contribution in [0.5, 0.6) is 0 Å². The van der Waals surface area contributed by atoms with Crippen LogP contribution in [0.3, 0.4) is 0 Å². The number of carbonyl (C=O) groups excluding carboxylic acids is 1. The highest BCUT2D eigenvalue weighted by molar-refractivity contribution is 9.10. The summed E-state index contributed by atoms with van der Waals surface area (Å²) in [6.45, 7) is 2.01. The molecule has 0 spiro atoms. The number of halogens is 1. The number of benzene rings is 1. The molecule has 1 amide bonds. The van der Waals surface area contributed by atoms with Crippen LogP contribution in [0.25, 0.3) is 0 Å². The number of hydrogen-bond acceptors (Lipinski definition) is 4. The Balaban J connectivity index is 1.45. The Kier molecular flexibility index (Phi) is 4.43. The first-order valence-electron chi connectivity index (χ1n) is 7.65. The molecule has 3 aromatic rings. The van der Waals surface area contributed by atoms with Crippen LogP contribution < -0.4 is 10.2 Å². The molecule has 0 saturated carbocycles. The lowest BCUT2D eigenvalue weighted by Gasteiger charge is -2.29. The molecule has 0 atom stereocenters. The largest absolute Gasteiger partial charge is 0.367 e. The van der Waals surface area contributed by atoms with Crippen molar-refractivity contribution >= 4 is 55.9 Å². The monoisotopic (exact) mass is 418 g/mol. The van der Waals surface area contributed by atoms with Gasteiger partial charge in [0, 0.05) is 33.8 Å². The molecule has 0 unspecified atom stereocenters. The van der Waals surface area contributed by atoms with Crippen molar-refractivity contribution in [2.45, 2.75) is 13.0 Å². The van der Waals surface area contributed by atoms with Gasteiger partial charge in [-0.15, -0.1) is 22.7 Å². The zero-order chi connectivity index (χ0) is 16.5. The van der Waals surface area contributed by atoms with E-state index in [0.717, 1.165) is 29.7 Å². The van der Waals surface area contributed by atoms with Crippen molar-refractivity contribution in [2.75, 3.05) is 16.8 Å². The third-order valence-electron chi connectivity index (χ3n) is 4.12. The minimum atomic E-state index is -0.0782. The van der Waals surface area contributed by atoms with Crippen molar-refractivity contribution in [3.63, 3.8) is 0 Å². The van der Waals surface area contributed by atoms with Gasteiger partial charge in [0.05, 0.1) is 0 Å². The van der Waals surface area contributed by atoms with E-state index in [2.05, 4.69) is 49.7 Å². The predicted octanol–water partition coefficient (Wildman–Crippen LogP) is 5.39. The normalized spacial score (nSPS) is 13.6. The Hall–Kier alpha value is -1.63. The van der Waals surface area contributed by atoms with Gasteiger partial charge in [0.2, 0.25) is 0 Å². The standard InChI is InChI=1S/C18H15BrN2OS2/c19-15-7-10-24-17(15)18(22)20-13-1-3-14(4-2-13)21-8-5-16-12(11-21)6-9-23-16/h1-4,6-7,9-10H,5,8,11H2,(H,20,22). The van der Waals surface area contributed by atoms with Gasteiger partial charge in [0.15, 0.2) is 0 Å². The van der Waals surface area contributed by atoms with Gasteiger partial charge in [-0.05, 0) is 75.1 Å². The summed E-state index contributed by atoms with van der Waals surface area (Å²) in [5, 5.41) is 7.03. The maximum atomic E-state index is 12.3. The first-order valence-corrected chi connectivity index (χ1v) is 10.2. The third kappa shape index (κ3) is 3.14. The van der Waals surface area contributed by atoms with E-state index in [0.29, 0.717) is 4.88 Å². The van der Waals surface area contributed by atoms with Gasteiger partial charge in [-0.3, -0.25) is 4.79 Å². The van der Waals surface area contributed by atoms with Gasteiger partial charge in [0.1, 0.15) is 4.88 Å². The molecule has 0 aliphatic carbocycles. The second-order valence-corrected chi connectivity index (χ2v) is 8.41. The Labute approximate surface area is 157 Å². The fourth-order valence-corrected chi connectivity index (χ4v) is 5.20. The summed E-state index contributed by atoms with van der Waals surface area (Å²) in [6.07, 6.45) is 1.11. The Bertz CT molecular complexity index is 869. The Morgan fingerprint density at radius 1 is 1.08 bits per heavy atom. The van der Waals surface area contributed by atoms with Gasteiger partial charge in [0.25, 0.3) is 5.91 Å². The lowest BCUT2D eigenvalue weighted by atomic mass is 10.1. The van der Waals surface area contributed by atoms with Gasteiger partial charge in [-0.2, -0.15) is 0 Å². The third-order valence-corrected chi connectivity index (χ3v) is 6.98. The summed E-state index contributed by atoms with van der Waals surface area (Å²) in [7, 11) is 0. The Morgan fingerprint density at radius 2 is 1.88 bits per heavy atom. The van der Waals surface area contributed by atoms with Gasteiger partial charge in [-0.25, -0.2) is 0 Å². The maximum Gasteiger partial charge on any atom is 0.266 e. The van der Waals surface area contributed by atoms with Crippen LogP contribution in [0.2, 0.25) is 0 Å². The molecule has 3 nitrogen and oxygen atoms in total. The molecule has 6 heteroatoms. The predicted molar refractivity (Wildman–Crippen MR) is 105 cm³/mol. The molecule has 1 aliphatic heterocycles. The van der Waals surface area contributed by atoms with Crippen molar-refractivity contribution in [3.8, 4) is 0 Å². The maximum absolute atomic E-state index is 12.3. The van der Waals surface area contributed by atoms with Crippen LogP contribution in [-0.4, -0.2) is 12.5 Å². The molecular weight excluding hydrogens is 404 g/mol. The summed E-state index contributed by atoms with van der Waals surface area (Å²) in [6, 6.07) is 12.2. The highest BCUT2D eigenvalue weighted by atomic mass is 79.9. The van der Waals surface area contributed by atoms with E-state index < -0.39 is 0 Å². The second kappa shape index (κ2) is 6.70. The fraction of sp³-hybridized carbons (Fsp3) is 0.167. The highest BCUT2D eigenvalue weighted by Gasteiger charge is 2.17. The molecule has 3 heterocycles. The number of nitrogens with one attached hydrogen (secondary N) is 1. The topological polar surface area (TPSA) is 32.3 Å². The molecule has 1 aromatic carbocycles. The molecule has 2 aromatic heterocycles. The van der Waals surface area contributed by atoms with E-state index in [4.69, 9.17) is 0 Å². The first-order chi connectivity index (χ1) is 11.7. The zero-order valence-corrected chi connectivity index (χ0v) is 16.0. The SMILES string of the molecule is O=C(Nc1ccc(N2CCc3sccc3C2)cc1)c1sccc1Br. The lowest BCUT2D eigenvalue weighted by molar-refractivity contribution is 0.103. The van der Waals surface area contributed by atoms with Crippen molar-refractivity contribution in [3.05, 3.63) is 66.9 Å². The molecule has 24 heavy (non-hydrogen) atoms. The van der Waals surface area contributed by atoms with Crippen molar-refractivity contribution in [1.82, 2.24) is 0 Å². The van der Waals surface area contributed by atoms with E-state index in [1.54, 1.807) is 0 Å². The van der Waals surface area contributed by atoms with E-state index in [1.807, 2.05) is 34.9 Å². The lowest BCUT2D eigenvalue weighted by Crippen LogP contribution is -2.29.